The fourth-order valence-corrected chi connectivity index (χ4v) is 6.42. The van der Waals surface area contributed by atoms with E-state index < -0.39 is 20.0 Å². The number of piperidine rings is 1. The van der Waals surface area contributed by atoms with Gasteiger partial charge in [0.05, 0.1) is 9.81 Å². The van der Waals surface area contributed by atoms with Crippen LogP contribution in [0.5, 0.6) is 0 Å². The third-order valence-corrected chi connectivity index (χ3v) is 9.24. The van der Waals surface area contributed by atoms with E-state index in [1.165, 1.54) is 29.5 Å². The topological polar surface area (TPSA) is 95.9 Å². The number of rotatable bonds is 9. The number of aliphatic imine (C=N–C) groups is 1. The number of hydrogen-bond donors (Lipinski definition) is 1. The Morgan fingerprint density at radius 2 is 1.90 bits per heavy atom. The molecule has 0 aromatic carbocycles. The summed E-state index contributed by atoms with van der Waals surface area (Å²) in [5.74, 6) is 0. The van der Waals surface area contributed by atoms with E-state index in [0.717, 1.165) is 31.3 Å². The second kappa shape index (κ2) is 11.2. The summed E-state index contributed by atoms with van der Waals surface area (Å²) in [5.41, 5.74) is 1.08. The number of nitrogens with one attached hydrogen (secondary N) is 1. The van der Waals surface area contributed by atoms with Gasteiger partial charge >= 0.3 is 0 Å². The van der Waals surface area contributed by atoms with Crippen LogP contribution in [-0.4, -0.2) is 46.0 Å². The van der Waals surface area contributed by atoms with Crippen molar-refractivity contribution in [3.8, 4) is 0 Å². The minimum atomic E-state index is -3.76. The Kier molecular flexibility index (Phi) is 9.17. The fourth-order valence-electron chi connectivity index (χ4n) is 3.72. The van der Waals surface area contributed by atoms with Gasteiger partial charge in [0.1, 0.15) is 0 Å². The zero-order valence-corrected chi connectivity index (χ0v) is 20.1. The van der Waals surface area contributed by atoms with Crippen LogP contribution in [0.2, 0.25) is 0 Å². The van der Waals surface area contributed by atoms with E-state index in [0.29, 0.717) is 6.42 Å². The van der Waals surface area contributed by atoms with Gasteiger partial charge in [0.25, 0.3) is 0 Å². The number of allylic oxidation sites excluding steroid dienone is 6. The first-order valence-corrected chi connectivity index (χ1v) is 13.4. The predicted molar refractivity (Wildman–Crippen MR) is 127 cm³/mol. The molecule has 0 amide bonds. The smallest absolute Gasteiger partial charge is 0.243 e. The predicted octanol–water partition coefficient (Wildman–Crippen LogP) is 3.78. The summed E-state index contributed by atoms with van der Waals surface area (Å²) >= 11 is 0. The van der Waals surface area contributed by atoms with Gasteiger partial charge in [0.15, 0.2) is 0 Å². The van der Waals surface area contributed by atoms with Crippen LogP contribution >= 0.6 is 0 Å². The van der Waals surface area contributed by atoms with E-state index in [9.17, 15) is 16.8 Å². The van der Waals surface area contributed by atoms with E-state index in [1.54, 1.807) is 12.4 Å². The maximum Gasteiger partial charge on any atom is 0.243 e. The maximum atomic E-state index is 13.1. The van der Waals surface area contributed by atoms with Crippen molar-refractivity contribution in [3.63, 3.8) is 0 Å². The van der Waals surface area contributed by atoms with Crippen molar-refractivity contribution in [1.29, 1.82) is 0 Å². The van der Waals surface area contributed by atoms with Crippen LogP contribution in [0.15, 0.2) is 63.5 Å². The highest BCUT2D eigenvalue weighted by Crippen LogP contribution is 2.29. The highest BCUT2D eigenvalue weighted by molar-refractivity contribution is 7.93. The van der Waals surface area contributed by atoms with E-state index in [1.807, 2.05) is 26.0 Å². The van der Waals surface area contributed by atoms with Gasteiger partial charge in [0.2, 0.25) is 20.0 Å². The van der Waals surface area contributed by atoms with Gasteiger partial charge in [-0.15, -0.1) is 0 Å². The number of nitrogens with zero attached hydrogens (tertiary/aromatic N) is 2. The second-order valence-electron chi connectivity index (χ2n) is 7.87. The Bertz CT molecular complexity index is 1010. The molecule has 2 rings (SSSR count). The van der Waals surface area contributed by atoms with Gasteiger partial charge in [-0.2, -0.15) is 4.31 Å². The molecule has 0 bridgehead atoms. The minimum Gasteiger partial charge on any atom is -0.265 e. The molecule has 2 aliphatic heterocycles. The van der Waals surface area contributed by atoms with Crippen LogP contribution in [-0.2, 0) is 20.0 Å². The third-order valence-electron chi connectivity index (χ3n) is 5.50. The SMILES string of the molecule is C=C/C(=C\C=C(/C)S(=O)(=O)NCCC1=CC=NC=CC1)S(=O)(=O)N1C(C)CCCC1C. The molecule has 0 aliphatic carbocycles. The molecule has 31 heavy (non-hydrogen) atoms. The summed E-state index contributed by atoms with van der Waals surface area (Å²) in [6.45, 7) is 9.12. The highest BCUT2D eigenvalue weighted by atomic mass is 32.2. The van der Waals surface area contributed by atoms with Gasteiger partial charge in [-0.25, -0.2) is 21.6 Å². The molecule has 172 valence electrons. The first-order valence-electron chi connectivity index (χ1n) is 10.5. The molecule has 2 atom stereocenters. The molecule has 0 spiro atoms. The summed E-state index contributed by atoms with van der Waals surface area (Å²) in [6.07, 6.45) is 15.0. The van der Waals surface area contributed by atoms with Gasteiger partial charge in [-0.05, 0) is 70.8 Å². The van der Waals surface area contributed by atoms with Crippen LogP contribution in [0.4, 0.5) is 0 Å². The monoisotopic (exact) mass is 467 g/mol. The largest absolute Gasteiger partial charge is 0.265 e. The molecule has 1 N–H and O–H groups in total. The molecule has 7 nitrogen and oxygen atoms in total. The lowest BCUT2D eigenvalue weighted by atomic mass is 10.0. The van der Waals surface area contributed by atoms with E-state index in [2.05, 4.69) is 16.3 Å². The summed E-state index contributed by atoms with van der Waals surface area (Å²) in [6, 6.07) is -0.212. The number of sulfonamides is 2. The summed E-state index contributed by atoms with van der Waals surface area (Å²) in [7, 11) is -7.48. The fraction of sp³-hybridized carbons (Fsp3) is 0.500. The van der Waals surface area contributed by atoms with E-state index in [-0.39, 0.29) is 28.4 Å². The molecule has 0 radical (unpaired) electrons. The molecular formula is C22H33N3O4S2. The van der Waals surface area contributed by atoms with Crippen LogP contribution in [0.3, 0.4) is 0 Å². The Morgan fingerprint density at radius 1 is 1.23 bits per heavy atom. The molecule has 2 aliphatic rings. The lowest BCUT2D eigenvalue weighted by Crippen LogP contribution is -2.47. The molecule has 2 heterocycles. The molecule has 0 aromatic heterocycles. The van der Waals surface area contributed by atoms with Crippen molar-refractivity contribution >= 4 is 26.3 Å². The van der Waals surface area contributed by atoms with Crippen LogP contribution in [0.1, 0.15) is 52.9 Å². The summed E-state index contributed by atoms with van der Waals surface area (Å²) in [4.78, 5) is 4.06. The van der Waals surface area contributed by atoms with E-state index >= 15 is 0 Å². The van der Waals surface area contributed by atoms with Crippen molar-refractivity contribution in [2.24, 2.45) is 4.99 Å². The zero-order valence-electron chi connectivity index (χ0n) is 18.5. The Balaban J connectivity index is 2.12. The first-order chi connectivity index (χ1) is 14.6. The highest BCUT2D eigenvalue weighted by Gasteiger charge is 2.35. The van der Waals surface area contributed by atoms with Crippen LogP contribution in [0.25, 0.3) is 0 Å². The van der Waals surface area contributed by atoms with Crippen LogP contribution in [0, 0.1) is 0 Å². The summed E-state index contributed by atoms with van der Waals surface area (Å²) in [5, 5.41) is 0. The van der Waals surface area contributed by atoms with Crippen molar-refractivity contribution in [2.45, 2.75) is 65.0 Å². The quantitative estimate of drug-likeness (QED) is 0.522. The van der Waals surface area contributed by atoms with E-state index in [4.69, 9.17) is 0 Å². The Morgan fingerprint density at radius 3 is 2.55 bits per heavy atom. The second-order valence-corrected chi connectivity index (χ2v) is 11.7. The average Bonchev–Trinajstić information content (AvgIpc) is 2.96. The van der Waals surface area contributed by atoms with Gasteiger partial charge in [0, 0.05) is 31.0 Å². The van der Waals surface area contributed by atoms with Crippen molar-refractivity contribution < 1.29 is 16.8 Å². The molecule has 1 saturated heterocycles. The number of hydrogen-bond acceptors (Lipinski definition) is 5. The van der Waals surface area contributed by atoms with Crippen molar-refractivity contribution in [1.82, 2.24) is 9.03 Å². The molecule has 9 heteroatoms. The van der Waals surface area contributed by atoms with Crippen LogP contribution < -0.4 is 4.72 Å². The zero-order chi connectivity index (χ0) is 23.1. The lowest BCUT2D eigenvalue weighted by molar-refractivity contribution is 0.206. The molecular weight excluding hydrogens is 434 g/mol. The normalized spacial score (nSPS) is 24.0. The first kappa shape index (κ1) is 25.5. The Hall–Kier alpha value is -1.81. The minimum absolute atomic E-state index is 0.00247. The average molecular weight is 468 g/mol. The van der Waals surface area contributed by atoms with Gasteiger partial charge < -0.3 is 0 Å². The molecule has 2 unspecified atom stereocenters. The van der Waals surface area contributed by atoms with Gasteiger partial charge in [-0.1, -0.05) is 24.6 Å². The summed E-state index contributed by atoms with van der Waals surface area (Å²) < 4.78 is 55.5. The van der Waals surface area contributed by atoms with Crippen molar-refractivity contribution in [3.05, 3.63) is 58.5 Å². The standard InChI is InChI=1S/C22H33N3O4S2/c1-5-22(31(28,29)25-18(2)8-6-9-19(25)3)12-11-20(4)30(26,27)24-17-14-21-10-7-15-23-16-13-21/h5,7,11-13,15-16,18-19,24H,1,6,8-10,14,17H2,2-4H3/b20-11+,22-12+. The lowest BCUT2D eigenvalue weighted by Gasteiger charge is -2.37. The third kappa shape index (κ3) is 6.83. The molecule has 0 saturated carbocycles. The Labute approximate surface area is 187 Å². The molecule has 1 fully saturated rings. The maximum absolute atomic E-state index is 13.1. The molecule has 0 aromatic rings. The van der Waals surface area contributed by atoms with Crippen molar-refractivity contribution in [2.75, 3.05) is 6.54 Å². The van der Waals surface area contributed by atoms with Gasteiger partial charge in [-0.3, -0.25) is 4.99 Å².